The van der Waals surface area contributed by atoms with E-state index >= 15 is 0 Å². The van der Waals surface area contributed by atoms with Crippen molar-refractivity contribution in [3.8, 4) is 5.88 Å². The Morgan fingerprint density at radius 1 is 1.15 bits per heavy atom. The molecule has 5 heteroatoms. The number of anilines is 1. The van der Waals surface area contributed by atoms with Gasteiger partial charge in [0.15, 0.2) is 0 Å². The Hall–Kier alpha value is -2.40. The van der Waals surface area contributed by atoms with Gasteiger partial charge in [0.05, 0.1) is 11.5 Å². The Bertz CT molecular complexity index is 826. The summed E-state index contributed by atoms with van der Waals surface area (Å²) in [5.41, 5.74) is 3.22. The van der Waals surface area contributed by atoms with Gasteiger partial charge in [0.25, 0.3) is 0 Å². The van der Waals surface area contributed by atoms with E-state index in [1.54, 1.807) is 0 Å². The molecule has 27 heavy (non-hydrogen) atoms. The fraction of sp³-hybridized carbons (Fsp3) is 0.455. The zero-order chi connectivity index (χ0) is 19.6. The normalized spacial score (nSPS) is 15.5. The molecule has 0 radical (unpaired) electrons. The Labute approximate surface area is 161 Å². The Balaban J connectivity index is 1.94. The van der Waals surface area contributed by atoms with Crippen LogP contribution >= 0.6 is 0 Å². The molecule has 1 fully saturated rings. The third-order valence-electron chi connectivity index (χ3n) is 4.98. The first-order chi connectivity index (χ1) is 12.8. The molecule has 0 aliphatic carbocycles. The van der Waals surface area contributed by atoms with Crippen LogP contribution in [0, 0.1) is 6.92 Å². The highest BCUT2D eigenvalue weighted by molar-refractivity contribution is 6.01. The number of hydrogen-bond acceptors (Lipinski definition) is 4. The number of nitrogens with zero attached hydrogens (tertiary/aromatic N) is 1. The maximum Gasteiger partial charge on any atom is 0.238 e. The maximum atomic E-state index is 13.4. The van der Waals surface area contributed by atoms with Gasteiger partial charge < -0.3 is 15.4 Å². The molecule has 1 aliphatic rings. The van der Waals surface area contributed by atoms with Gasteiger partial charge in [0, 0.05) is 18.8 Å². The number of pyridine rings is 1. The summed E-state index contributed by atoms with van der Waals surface area (Å²) < 4.78 is 5.82. The topological polar surface area (TPSA) is 63.2 Å². The van der Waals surface area contributed by atoms with E-state index in [1.165, 1.54) is 5.56 Å². The number of rotatable bonds is 6. The summed E-state index contributed by atoms with van der Waals surface area (Å²) in [5.74, 6) is 0.805. The van der Waals surface area contributed by atoms with Crippen LogP contribution in [0.3, 0.4) is 0 Å². The molecule has 0 saturated carbocycles. The van der Waals surface area contributed by atoms with Crippen molar-refractivity contribution >= 4 is 11.6 Å². The summed E-state index contributed by atoms with van der Waals surface area (Å²) in [7, 11) is 0. The number of carbonyl (C=O) groups excluding carboxylic acids is 1. The van der Waals surface area contributed by atoms with Crippen molar-refractivity contribution in [3.05, 3.63) is 53.2 Å². The van der Waals surface area contributed by atoms with Crippen LogP contribution in [-0.4, -0.2) is 30.1 Å². The zero-order valence-electron chi connectivity index (χ0n) is 16.8. The third kappa shape index (κ3) is 3.83. The van der Waals surface area contributed by atoms with E-state index in [2.05, 4.69) is 41.6 Å². The quantitative estimate of drug-likeness (QED) is 0.816. The molecule has 0 spiro atoms. The molecule has 2 heterocycles. The van der Waals surface area contributed by atoms with Crippen molar-refractivity contribution in [2.45, 2.75) is 52.1 Å². The van der Waals surface area contributed by atoms with Crippen molar-refractivity contribution in [2.75, 3.05) is 18.4 Å². The first-order valence-corrected chi connectivity index (χ1v) is 9.59. The number of amides is 1. The standard InChI is InChI=1S/C22H29N3O2/c1-14(2)17-8-6-7-9-18(17)22(12-23-13-22)21(26)25-19-11-10-16(5)24-20(19)27-15(3)4/h6-11,14-15,23H,12-13H2,1-5H3,(H,25,26). The first kappa shape index (κ1) is 19.4. The van der Waals surface area contributed by atoms with Crippen LogP contribution in [0.1, 0.15) is 50.4 Å². The second kappa shape index (κ2) is 7.69. The van der Waals surface area contributed by atoms with Crippen molar-refractivity contribution in [2.24, 2.45) is 0 Å². The highest BCUT2D eigenvalue weighted by Crippen LogP contribution is 2.36. The number of ether oxygens (including phenoxy) is 1. The molecule has 1 aromatic heterocycles. The summed E-state index contributed by atoms with van der Waals surface area (Å²) in [4.78, 5) is 17.8. The van der Waals surface area contributed by atoms with Gasteiger partial charge in [-0.25, -0.2) is 4.98 Å². The molecular formula is C22H29N3O2. The van der Waals surface area contributed by atoms with Gasteiger partial charge in [-0.3, -0.25) is 4.79 Å². The van der Waals surface area contributed by atoms with E-state index < -0.39 is 5.41 Å². The van der Waals surface area contributed by atoms with Crippen molar-refractivity contribution in [1.82, 2.24) is 10.3 Å². The predicted molar refractivity (Wildman–Crippen MR) is 108 cm³/mol. The van der Waals surface area contributed by atoms with Crippen molar-refractivity contribution in [3.63, 3.8) is 0 Å². The second-order valence-electron chi connectivity index (χ2n) is 7.85. The monoisotopic (exact) mass is 367 g/mol. The van der Waals surface area contributed by atoms with Gasteiger partial charge in [-0.05, 0) is 49.9 Å². The molecule has 1 saturated heterocycles. The van der Waals surface area contributed by atoms with Gasteiger partial charge in [-0.2, -0.15) is 0 Å². The van der Waals surface area contributed by atoms with Crippen LogP contribution in [-0.2, 0) is 10.2 Å². The molecule has 0 bridgehead atoms. The van der Waals surface area contributed by atoms with Crippen LogP contribution in [0.4, 0.5) is 5.69 Å². The molecule has 144 valence electrons. The number of benzene rings is 1. The van der Waals surface area contributed by atoms with E-state index in [-0.39, 0.29) is 12.0 Å². The Morgan fingerprint density at radius 3 is 2.44 bits per heavy atom. The lowest BCUT2D eigenvalue weighted by molar-refractivity contribution is -0.123. The molecule has 0 unspecified atom stereocenters. The molecule has 2 N–H and O–H groups in total. The highest BCUT2D eigenvalue weighted by Gasteiger charge is 2.47. The predicted octanol–water partition coefficient (Wildman–Crippen LogP) is 3.78. The number of hydrogen-bond donors (Lipinski definition) is 2. The highest BCUT2D eigenvalue weighted by atomic mass is 16.5. The van der Waals surface area contributed by atoms with E-state index in [0.29, 0.717) is 30.6 Å². The van der Waals surface area contributed by atoms with Gasteiger partial charge >= 0.3 is 0 Å². The summed E-state index contributed by atoms with van der Waals surface area (Å²) in [6, 6.07) is 12.0. The SMILES string of the molecule is Cc1ccc(NC(=O)C2(c3ccccc3C(C)C)CNC2)c(OC(C)C)n1. The minimum absolute atomic E-state index is 0.0176. The molecule has 1 aliphatic heterocycles. The Kier molecular flexibility index (Phi) is 5.51. The van der Waals surface area contributed by atoms with E-state index in [4.69, 9.17) is 4.74 Å². The van der Waals surface area contributed by atoms with Gasteiger partial charge in [0.2, 0.25) is 11.8 Å². The largest absolute Gasteiger partial charge is 0.473 e. The van der Waals surface area contributed by atoms with Crippen LogP contribution in [0.25, 0.3) is 0 Å². The number of carbonyl (C=O) groups is 1. The van der Waals surface area contributed by atoms with E-state index in [9.17, 15) is 4.79 Å². The molecule has 2 aromatic rings. The maximum absolute atomic E-state index is 13.4. The summed E-state index contributed by atoms with van der Waals surface area (Å²) in [6.45, 7) is 11.4. The van der Waals surface area contributed by atoms with Crippen LogP contribution in [0.2, 0.25) is 0 Å². The van der Waals surface area contributed by atoms with Gasteiger partial charge in [0.1, 0.15) is 5.69 Å². The fourth-order valence-corrected chi connectivity index (χ4v) is 3.47. The van der Waals surface area contributed by atoms with Crippen LogP contribution < -0.4 is 15.4 Å². The molecule has 1 aromatic carbocycles. The molecule has 1 amide bonds. The Morgan fingerprint density at radius 2 is 1.85 bits per heavy atom. The second-order valence-corrected chi connectivity index (χ2v) is 7.85. The lowest BCUT2D eigenvalue weighted by atomic mass is 9.71. The first-order valence-electron chi connectivity index (χ1n) is 9.59. The minimum atomic E-state index is -0.569. The number of aromatic nitrogens is 1. The van der Waals surface area contributed by atoms with Crippen molar-refractivity contribution in [1.29, 1.82) is 0 Å². The van der Waals surface area contributed by atoms with E-state index in [0.717, 1.165) is 11.3 Å². The summed E-state index contributed by atoms with van der Waals surface area (Å²) >= 11 is 0. The van der Waals surface area contributed by atoms with Gasteiger partial charge in [-0.1, -0.05) is 38.1 Å². The van der Waals surface area contributed by atoms with Gasteiger partial charge in [-0.15, -0.1) is 0 Å². The van der Waals surface area contributed by atoms with E-state index in [1.807, 2.05) is 45.0 Å². The minimum Gasteiger partial charge on any atom is -0.473 e. The van der Waals surface area contributed by atoms with Crippen LogP contribution in [0.5, 0.6) is 5.88 Å². The average Bonchev–Trinajstić information content (AvgIpc) is 2.56. The molecule has 0 atom stereocenters. The third-order valence-corrected chi connectivity index (χ3v) is 4.98. The zero-order valence-corrected chi connectivity index (χ0v) is 16.8. The average molecular weight is 367 g/mol. The number of nitrogens with one attached hydrogen (secondary N) is 2. The molecular weight excluding hydrogens is 338 g/mol. The summed E-state index contributed by atoms with van der Waals surface area (Å²) in [5, 5.41) is 6.37. The molecule has 5 nitrogen and oxygen atoms in total. The molecule has 3 rings (SSSR count). The fourth-order valence-electron chi connectivity index (χ4n) is 3.47. The van der Waals surface area contributed by atoms with Crippen LogP contribution in [0.15, 0.2) is 36.4 Å². The smallest absolute Gasteiger partial charge is 0.238 e. The lowest BCUT2D eigenvalue weighted by Gasteiger charge is -2.43. The number of aryl methyl sites for hydroxylation is 1. The summed E-state index contributed by atoms with van der Waals surface area (Å²) in [6.07, 6.45) is -0.0176. The lowest BCUT2D eigenvalue weighted by Crippen LogP contribution is -2.63. The van der Waals surface area contributed by atoms with Crippen molar-refractivity contribution < 1.29 is 9.53 Å².